The van der Waals surface area contributed by atoms with Crippen LogP contribution in [0.4, 0.5) is 0 Å². The van der Waals surface area contributed by atoms with Crippen molar-refractivity contribution in [3.63, 3.8) is 0 Å². The van der Waals surface area contributed by atoms with Gasteiger partial charge >= 0.3 is 0 Å². The Morgan fingerprint density at radius 3 is 2.71 bits per heavy atom. The summed E-state index contributed by atoms with van der Waals surface area (Å²) in [4.78, 5) is 16.3. The molecule has 0 bridgehead atoms. The van der Waals surface area contributed by atoms with Gasteiger partial charge in [-0.1, -0.05) is 12.1 Å². The van der Waals surface area contributed by atoms with Gasteiger partial charge in [0.2, 0.25) is 0 Å². The number of ether oxygens (including phenoxy) is 1. The highest BCUT2D eigenvalue weighted by atomic mass is 16.5. The Kier molecular flexibility index (Phi) is 3.68. The topological polar surface area (TPSA) is 73.4 Å². The summed E-state index contributed by atoms with van der Waals surface area (Å²) in [6.07, 6.45) is 5.03. The van der Waals surface area contributed by atoms with Crippen LogP contribution in [0, 0.1) is 0 Å². The van der Waals surface area contributed by atoms with Crippen LogP contribution in [0.3, 0.4) is 0 Å². The molecular weight excluding hydrogens is 308 g/mol. The first-order chi connectivity index (χ1) is 11.8. The van der Waals surface area contributed by atoms with Gasteiger partial charge in [0.25, 0.3) is 5.91 Å². The molecule has 4 rings (SSSR count). The van der Waals surface area contributed by atoms with Gasteiger partial charge in [-0.15, -0.1) is 0 Å². The maximum absolute atomic E-state index is 12.7. The van der Waals surface area contributed by atoms with E-state index < -0.39 is 0 Å². The molecule has 124 valence electrons. The van der Waals surface area contributed by atoms with Crippen molar-refractivity contribution in [1.29, 1.82) is 0 Å². The van der Waals surface area contributed by atoms with Gasteiger partial charge in [-0.3, -0.25) is 4.79 Å². The van der Waals surface area contributed by atoms with E-state index in [1.165, 1.54) is 0 Å². The van der Waals surface area contributed by atoms with Gasteiger partial charge in [0.05, 0.1) is 25.5 Å². The fourth-order valence-electron chi connectivity index (χ4n) is 3.17. The number of nitrogens with zero attached hydrogens (tertiary/aromatic N) is 4. The molecule has 0 spiro atoms. The second-order valence-corrected chi connectivity index (χ2v) is 5.86. The lowest BCUT2D eigenvalue weighted by Gasteiger charge is -2.30. The van der Waals surface area contributed by atoms with E-state index in [4.69, 9.17) is 9.15 Å². The molecule has 0 unspecified atom stereocenters. The van der Waals surface area contributed by atoms with Crippen LogP contribution in [0.2, 0.25) is 0 Å². The molecule has 1 fully saturated rings. The first-order valence-corrected chi connectivity index (χ1v) is 7.98. The summed E-state index contributed by atoms with van der Waals surface area (Å²) in [5.41, 5.74) is 0.610. The molecule has 1 aromatic carbocycles. The molecule has 1 aliphatic rings. The molecule has 1 amide bonds. The maximum Gasteiger partial charge on any atom is 0.289 e. The van der Waals surface area contributed by atoms with Crippen LogP contribution in [-0.4, -0.2) is 46.0 Å². The number of para-hydroxylation sites is 1. The van der Waals surface area contributed by atoms with Gasteiger partial charge in [-0.25, -0.2) is 0 Å². The Balaban J connectivity index is 1.50. The van der Waals surface area contributed by atoms with Crippen molar-refractivity contribution in [3.05, 3.63) is 42.4 Å². The molecule has 7 nitrogen and oxygen atoms in total. The Hall–Kier alpha value is -2.83. The zero-order valence-electron chi connectivity index (χ0n) is 13.4. The molecule has 3 heterocycles. The minimum Gasteiger partial charge on any atom is -0.493 e. The molecule has 1 aliphatic heterocycles. The molecule has 0 saturated carbocycles. The van der Waals surface area contributed by atoms with Crippen LogP contribution in [-0.2, 0) is 0 Å². The number of hydrogen-bond acceptors (Lipinski definition) is 5. The van der Waals surface area contributed by atoms with Crippen molar-refractivity contribution in [3.8, 4) is 5.75 Å². The van der Waals surface area contributed by atoms with Gasteiger partial charge < -0.3 is 14.1 Å². The van der Waals surface area contributed by atoms with Crippen LogP contribution < -0.4 is 4.74 Å². The number of aromatic nitrogens is 3. The minimum atomic E-state index is -0.0832. The molecular formula is C17H18N4O3. The Morgan fingerprint density at radius 1 is 1.25 bits per heavy atom. The molecule has 0 aliphatic carbocycles. The van der Waals surface area contributed by atoms with E-state index in [0.717, 1.165) is 18.2 Å². The number of hydrogen-bond donors (Lipinski definition) is 0. The number of carbonyl (C=O) groups is 1. The fourth-order valence-corrected chi connectivity index (χ4v) is 3.17. The highest BCUT2D eigenvalue weighted by Crippen LogP contribution is 2.30. The van der Waals surface area contributed by atoms with Crippen molar-refractivity contribution in [1.82, 2.24) is 19.9 Å². The van der Waals surface area contributed by atoms with Crippen molar-refractivity contribution >= 4 is 16.9 Å². The zero-order valence-corrected chi connectivity index (χ0v) is 13.4. The van der Waals surface area contributed by atoms with E-state index in [1.807, 2.05) is 23.1 Å². The van der Waals surface area contributed by atoms with Gasteiger partial charge in [-0.2, -0.15) is 15.0 Å². The number of likely N-dealkylation sites (tertiary alicyclic amines) is 1. The number of amides is 1. The number of fused-ring (bicyclic) bond motifs is 1. The zero-order chi connectivity index (χ0) is 16.5. The molecule has 0 atom stereocenters. The van der Waals surface area contributed by atoms with Gasteiger partial charge in [0.15, 0.2) is 17.1 Å². The second-order valence-electron chi connectivity index (χ2n) is 5.86. The molecule has 7 heteroatoms. The summed E-state index contributed by atoms with van der Waals surface area (Å²) in [7, 11) is 1.59. The lowest BCUT2D eigenvalue weighted by atomic mass is 10.1. The van der Waals surface area contributed by atoms with Gasteiger partial charge in [0, 0.05) is 18.5 Å². The summed E-state index contributed by atoms with van der Waals surface area (Å²) in [5.74, 6) is 0.903. The third-order valence-corrected chi connectivity index (χ3v) is 4.45. The summed E-state index contributed by atoms with van der Waals surface area (Å²) in [5, 5.41) is 9.24. The van der Waals surface area contributed by atoms with Crippen molar-refractivity contribution in [2.45, 2.75) is 18.9 Å². The molecule has 0 radical (unpaired) electrons. The largest absolute Gasteiger partial charge is 0.493 e. The number of benzene rings is 1. The summed E-state index contributed by atoms with van der Waals surface area (Å²) >= 11 is 0. The number of piperidine rings is 1. The highest BCUT2D eigenvalue weighted by Gasteiger charge is 2.27. The smallest absolute Gasteiger partial charge is 0.289 e. The molecule has 1 saturated heterocycles. The first-order valence-electron chi connectivity index (χ1n) is 7.98. The Labute approximate surface area is 138 Å². The number of methoxy groups -OCH3 is 1. The normalized spacial score (nSPS) is 15.8. The van der Waals surface area contributed by atoms with Crippen molar-refractivity contribution < 1.29 is 13.9 Å². The van der Waals surface area contributed by atoms with Crippen LogP contribution in [0.1, 0.15) is 29.4 Å². The lowest BCUT2D eigenvalue weighted by Crippen LogP contribution is -2.39. The number of furan rings is 1. The molecule has 0 N–H and O–H groups in total. The SMILES string of the molecule is COc1cccc2cc(C(=O)N3CCC(n4nccn4)CC3)oc12. The van der Waals surface area contributed by atoms with E-state index in [1.54, 1.807) is 30.4 Å². The molecule has 3 aromatic rings. The summed E-state index contributed by atoms with van der Waals surface area (Å²) in [6, 6.07) is 7.64. The van der Waals surface area contributed by atoms with Crippen LogP contribution in [0.15, 0.2) is 41.1 Å². The third kappa shape index (κ3) is 2.51. The van der Waals surface area contributed by atoms with E-state index in [9.17, 15) is 4.79 Å². The number of rotatable bonds is 3. The van der Waals surface area contributed by atoms with Gasteiger partial charge in [0.1, 0.15) is 0 Å². The predicted octanol–water partition coefficient (Wildman–Crippen LogP) is 2.51. The van der Waals surface area contributed by atoms with E-state index in [2.05, 4.69) is 10.2 Å². The minimum absolute atomic E-state index is 0.0832. The van der Waals surface area contributed by atoms with Crippen LogP contribution in [0.5, 0.6) is 5.75 Å². The van der Waals surface area contributed by atoms with Crippen molar-refractivity contribution in [2.24, 2.45) is 0 Å². The highest BCUT2D eigenvalue weighted by molar-refractivity contribution is 5.97. The second kappa shape index (κ2) is 5.99. The summed E-state index contributed by atoms with van der Waals surface area (Å²) < 4.78 is 11.0. The lowest BCUT2D eigenvalue weighted by molar-refractivity contribution is 0.0654. The Bertz CT molecular complexity index is 848. The van der Waals surface area contributed by atoms with Crippen molar-refractivity contribution in [2.75, 3.05) is 20.2 Å². The average molecular weight is 326 g/mol. The monoisotopic (exact) mass is 326 g/mol. The quantitative estimate of drug-likeness (QED) is 0.739. The summed E-state index contributed by atoms with van der Waals surface area (Å²) in [6.45, 7) is 1.33. The maximum atomic E-state index is 12.7. The fraction of sp³-hybridized carbons (Fsp3) is 0.353. The van der Waals surface area contributed by atoms with E-state index in [-0.39, 0.29) is 11.9 Å². The molecule has 24 heavy (non-hydrogen) atoms. The number of carbonyl (C=O) groups excluding carboxylic acids is 1. The van der Waals surface area contributed by atoms with Crippen LogP contribution >= 0.6 is 0 Å². The van der Waals surface area contributed by atoms with E-state index >= 15 is 0 Å². The predicted molar refractivity (Wildman–Crippen MR) is 87.0 cm³/mol. The first kappa shape index (κ1) is 14.7. The van der Waals surface area contributed by atoms with Crippen LogP contribution in [0.25, 0.3) is 11.0 Å². The third-order valence-electron chi connectivity index (χ3n) is 4.45. The Morgan fingerprint density at radius 2 is 2.00 bits per heavy atom. The molecule has 2 aromatic heterocycles. The van der Waals surface area contributed by atoms with E-state index in [0.29, 0.717) is 30.2 Å². The standard InChI is InChI=1S/C17H18N4O3/c1-23-14-4-2-3-12-11-15(24-16(12)14)17(22)20-9-5-13(6-10-20)21-18-7-8-19-21/h2-4,7-8,11,13H,5-6,9-10H2,1H3. The average Bonchev–Trinajstić information content (AvgIpc) is 3.30. The van der Waals surface area contributed by atoms with Gasteiger partial charge in [-0.05, 0) is 25.0 Å².